The van der Waals surface area contributed by atoms with Crippen LogP contribution in [0.4, 0.5) is 13.2 Å². The van der Waals surface area contributed by atoms with Gasteiger partial charge in [-0.2, -0.15) is 13.2 Å². The molecule has 0 saturated heterocycles. The largest absolute Gasteiger partial charge is 0.434 e. The maximum Gasteiger partial charge on any atom is 0.434 e. The van der Waals surface area contributed by atoms with E-state index in [2.05, 4.69) is 0 Å². The molecule has 0 saturated carbocycles. The second-order valence-corrected chi connectivity index (χ2v) is 8.54. The van der Waals surface area contributed by atoms with E-state index in [0.29, 0.717) is 0 Å². The average Bonchev–Trinajstić information content (AvgIpc) is 2.87. The van der Waals surface area contributed by atoms with Crippen LogP contribution in [0.25, 0.3) is 11.4 Å². The van der Waals surface area contributed by atoms with E-state index >= 15 is 0 Å². The van der Waals surface area contributed by atoms with Crippen LogP contribution in [0.1, 0.15) is 33.4 Å². The van der Waals surface area contributed by atoms with Gasteiger partial charge < -0.3 is 0 Å². The zero-order valence-corrected chi connectivity index (χ0v) is 17.8. The summed E-state index contributed by atoms with van der Waals surface area (Å²) < 4.78 is 43.9. The Hall–Kier alpha value is -2.26. The molecule has 1 heterocycles. The van der Waals surface area contributed by atoms with Gasteiger partial charge in [0.05, 0.1) is 19.6 Å². The van der Waals surface area contributed by atoms with Crippen LogP contribution in [0.2, 0.25) is 0 Å². The lowest BCUT2D eigenvalue weighted by Crippen LogP contribution is -2.06. The first-order valence-corrected chi connectivity index (χ1v) is 9.96. The van der Waals surface area contributed by atoms with Crippen molar-refractivity contribution in [2.24, 2.45) is 0 Å². The Labute approximate surface area is 165 Å². The molecule has 2 aromatic carbocycles. The number of nitrogens with zero attached hydrogens (tertiary/aromatic N) is 2. The third kappa shape index (κ3) is 3.95. The van der Waals surface area contributed by atoms with Crippen LogP contribution in [-0.4, -0.2) is 15.1 Å². The molecule has 0 aliphatic heterocycles. The fourth-order valence-corrected chi connectivity index (χ4v) is 4.83. The topological polar surface area (TPSA) is 9.86 Å². The molecule has 0 fully saturated rings. The summed E-state index contributed by atoms with van der Waals surface area (Å²) in [6.07, 6.45) is 3.47. The van der Waals surface area contributed by atoms with Gasteiger partial charge in [-0.25, -0.2) is 0 Å². The van der Waals surface area contributed by atoms with Crippen molar-refractivity contribution in [2.75, 3.05) is 0 Å². The van der Waals surface area contributed by atoms with Gasteiger partial charge in [0.1, 0.15) is 0 Å². The SMILES string of the molecule is Cc1cc(C)c(-n2ccn(-c3c(C)cc(C)cc3C)c2=PC(F)(F)F)c(C)c1. The van der Waals surface area contributed by atoms with Crippen molar-refractivity contribution < 1.29 is 13.2 Å². The highest BCUT2D eigenvalue weighted by atomic mass is 31.1. The predicted molar refractivity (Wildman–Crippen MR) is 110 cm³/mol. The molecular formula is C22H24F3N2P. The van der Waals surface area contributed by atoms with Gasteiger partial charge in [-0.15, -0.1) is 0 Å². The van der Waals surface area contributed by atoms with Crippen molar-refractivity contribution in [2.45, 2.75) is 47.5 Å². The summed E-state index contributed by atoms with van der Waals surface area (Å²) >= 11 is 0. The number of hydrogen-bond donors (Lipinski definition) is 0. The van der Waals surface area contributed by atoms with E-state index < -0.39 is 14.1 Å². The zero-order valence-electron chi connectivity index (χ0n) is 16.9. The standard InChI is InChI=1S/C22H24F3N2P/c1-13-9-15(3)19(16(4)10-13)26-7-8-27(21(26)28-22(23,24)25)20-17(5)11-14(2)12-18(20)6/h7-12H,1-6H3. The molecule has 0 radical (unpaired) electrons. The fraction of sp³-hybridized carbons (Fsp3) is 0.318. The Morgan fingerprint density at radius 2 is 0.964 bits per heavy atom. The highest BCUT2D eigenvalue weighted by Gasteiger charge is 2.26. The second kappa shape index (κ2) is 7.29. The first-order valence-electron chi connectivity index (χ1n) is 9.07. The molecule has 0 unspecified atom stereocenters. The van der Waals surface area contributed by atoms with Crippen LogP contribution >= 0.6 is 8.20 Å². The lowest BCUT2D eigenvalue weighted by Gasteiger charge is -2.16. The third-order valence-electron chi connectivity index (χ3n) is 4.78. The second-order valence-electron chi connectivity index (χ2n) is 7.41. The predicted octanol–water partition coefficient (Wildman–Crippen LogP) is 7.12. The summed E-state index contributed by atoms with van der Waals surface area (Å²) in [5.41, 5.74) is 7.62. The van der Waals surface area contributed by atoms with Crippen LogP contribution in [-0.2, 0) is 0 Å². The highest BCUT2D eigenvalue weighted by Crippen LogP contribution is 2.35. The molecule has 148 valence electrons. The van der Waals surface area contributed by atoms with E-state index in [9.17, 15) is 13.2 Å². The van der Waals surface area contributed by atoms with Gasteiger partial charge in [-0.1, -0.05) is 35.4 Å². The summed E-state index contributed by atoms with van der Waals surface area (Å²) in [6, 6.07) is 8.01. The number of alkyl halides is 3. The maximum absolute atomic E-state index is 13.5. The molecule has 0 bridgehead atoms. The first-order chi connectivity index (χ1) is 13.0. The van der Waals surface area contributed by atoms with Crippen molar-refractivity contribution in [3.63, 3.8) is 0 Å². The number of rotatable bonds is 2. The molecule has 3 aromatic rings. The molecule has 0 atom stereocenters. The summed E-state index contributed by atoms with van der Waals surface area (Å²) in [5, 5.41) is 0.178. The number of hydrogen-bond acceptors (Lipinski definition) is 0. The summed E-state index contributed by atoms with van der Waals surface area (Å²) in [5.74, 6) is -4.34. The van der Waals surface area contributed by atoms with E-state index in [1.54, 1.807) is 21.5 Å². The molecule has 28 heavy (non-hydrogen) atoms. The van der Waals surface area contributed by atoms with E-state index in [-0.39, 0.29) is 5.20 Å². The summed E-state index contributed by atoms with van der Waals surface area (Å²) in [4.78, 5) is 0. The Morgan fingerprint density at radius 3 is 1.25 bits per heavy atom. The van der Waals surface area contributed by atoms with Gasteiger partial charge in [-0.3, -0.25) is 9.13 Å². The van der Waals surface area contributed by atoms with Crippen LogP contribution < -0.4 is 0 Å². The molecule has 3 rings (SSSR count). The molecule has 1 aromatic heterocycles. The van der Waals surface area contributed by atoms with Crippen LogP contribution in [0.5, 0.6) is 0 Å². The molecule has 0 aliphatic rings. The zero-order chi connectivity index (χ0) is 20.8. The smallest absolute Gasteiger partial charge is 0.297 e. The molecular weight excluding hydrogens is 380 g/mol. The minimum absolute atomic E-state index is 0.178. The summed E-state index contributed by atoms with van der Waals surface area (Å²) in [6.45, 7) is 11.8. The molecule has 0 amide bonds. The average molecular weight is 404 g/mol. The Morgan fingerprint density at radius 1 is 0.643 bits per heavy atom. The van der Waals surface area contributed by atoms with Gasteiger partial charge in [-0.05, 0) is 63.8 Å². The van der Waals surface area contributed by atoms with Crippen molar-refractivity contribution in [1.82, 2.24) is 9.13 Å². The van der Waals surface area contributed by atoms with Crippen LogP contribution in [0.15, 0.2) is 36.7 Å². The number of imidazole rings is 1. The molecule has 2 nitrogen and oxygen atoms in total. The Kier molecular flexibility index (Phi) is 5.33. The van der Waals surface area contributed by atoms with Crippen LogP contribution in [0, 0.1) is 46.7 Å². The lowest BCUT2D eigenvalue weighted by atomic mass is 10.0. The molecule has 0 N–H and O–H groups in total. The number of aromatic nitrogens is 2. The molecule has 0 spiro atoms. The number of benzene rings is 2. The lowest BCUT2D eigenvalue weighted by molar-refractivity contribution is -0.0354. The van der Waals surface area contributed by atoms with Crippen molar-refractivity contribution >= 4 is 8.20 Å². The Balaban J connectivity index is 2.41. The van der Waals surface area contributed by atoms with E-state index in [1.807, 2.05) is 65.8 Å². The van der Waals surface area contributed by atoms with Gasteiger partial charge in [0, 0.05) is 12.4 Å². The monoisotopic (exact) mass is 404 g/mol. The van der Waals surface area contributed by atoms with Crippen molar-refractivity contribution in [1.29, 1.82) is 0 Å². The third-order valence-corrected chi connectivity index (χ3v) is 5.66. The molecule has 0 aliphatic carbocycles. The van der Waals surface area contributed by atoms with Crippen molar-refractivity contribution in [3.05, 3.63) is 75.2 Å². The van der Waals surface area contributed by atoms with E-state index in [1.165, 1.54) is 0 Å². The quantitative estimate of drug-likeness (QED) is 0.403. The fourth-order valence-electron chi connectivity index (χ4n) is 4.06. The van der Waals surface area contributed by atoms with Crippen molar-refractivity contribution in [3.8, 4) is 11.4 Å². The van der Waals surface area contributed by atoms with Gasteiger partial charge in [0.2, 0.25) is 0 Å². The van der Waals surface area contributed by atoms with Gasteiger partial charge >= 0.3 is 5.92 Å². The number of halogens is 3. The number of aryl methyl sites for hydroxylation is 6. The van der Waals surface area contributed by atoms with E-state index in [4.69, 9.17) is 0 Å². The van der Waals surface area contributed by atoms with E-state index in [0.717, 1.165) is 44.8 Å². The van der Waals surface area contributed by atoms with Gasteiger partial charge in [0.15, 0.2) is 5.20 Å². The minimum atomic E-state index is -4.34. The summed E-state index contributed by atoms with van der Waals surface area (Å²) in [7, 11) is -0.694. The van der Waals surface area contributed by atoms with Crippen LogP contribution in [0.3, 0.4) is 0 Å². The van der Waals surface area contributed by atoms with Gasteiger partial charge in [0.25, 0.3) is 0 Å². The first kappa shape index (κ1) is 20.5. The molecule has 6 heteroatoms. The highest BCUT2D eigenvalue weighted by molar-refractivity contribution is 7.30. The normalized spacial score (nSPS) is 12.0. The maximum atomic E-state index is 13.5. The minimum Gasteiger partial charge on any atom is -0.297 e. The Bertz CT molecular complexity index is 994.